The Labute approximate surface area is 107 Å². The predicted octanol–water partition coefficient (Wildman–Crippen LogP) is 2.62. The van der Waals surface area contributed by atoms with Gasteiger partial charge in [-0.05, 0) is 31.2 Å². The highest BCUT2D eigenvalue weighted by Gasteiger charge is 2.37. The molecular formula is C15H18N2O. The summed E-state index contributed by atoms with van der Waals surface area (Å²) < 4.78 is 0. The Morgan fingerprint density at radius 1 is 1.28 bits per heavy atom. The molecule has 0 radical (unpaired) electrons. The molecule has 18 heavy (non-hydrogen) atoms. The average Bonchev–Trinajstić information content (AvgIpc) is 2.78. The third-order valence-corrected chi connectivity index (χ3v) is 4.07. The molecule has 3 nitrogen and oxygen atoms in total. The monoisotopic (exact) mass is 242 g/mol. The van der Waals surface area contributed by atoms with Crippen LogP contribution in [-0.4, -0.2) is 23.2 Å². The maximum atomic E-state index is 11.2. The second-order valence-electron chi connectivity index (χ2n) is 5.19. The molecule has 1 aromatic carbocycles. The number of nitrogens with zero attached hydrogens (tertiary/aromatic N) is 2. The Kier molecular flexibility index (Phi) is 3.13. The van der Waals surface area contributed by atoms with Gasteiger partial charge in [-0.1, -0.05) is 36.8 Å². The van der Waals surface area contributed by atoms with Crippen molar-refractivity contribution < 1.29 is 4.79 Å². The Morgan fingerprint density at radius 3 is 2.89 bits per heavy atom. The molecule has 2 aliphatic rings. The minimum atomic E-state index is 0.236. The Hall–Kier alpha value is -1.64. The van der Waals surface area contributed by atoms with Gasteiger partial charge in [-0.15, -0.1) is 0 Å². The van der Waals surface area contributed by atoms with Gasteiger partial charge >= 0.3 is 0 Å². The van der Waals surface area contributed by atoms with Gasteiger partial charge in [0.05, 0.1) is 6.04 Å². The van der Waals surface area contributed by atoms with Crippen molar-refractivity contribution in [2.24, 2.45) is 11.0 Å². The standard InChI is InChI=1S/C15H18N2O/c18-11-17-15(10-12-6-2-1-3-7-12)13-8-4-5-9-14(13)16-17/h1-3,6-7,11,13,15H,4-5,8-10H2. The Bertz CT molecular complexity index is 455. The first kappa shape index (κ1) is 11.5. The maximum Gasteiger partial charge on any atom is 0.230 e. The molecule has 0 bridgehead atoms. The summed E-state index contributed by atoms with van der Waals surface area (Å²) >= 11 is 0. The number of hydrogen-bond donors (Lipinski definition) is 0. The minimum absolute atomic E-state index is 0.236. The lowest BCUT2D eigenvalue weighted by molar-refractivity contribution is -0.120. The van der Waals surface area contributed by atoms with Crippen LogP contribution in [0.3, 0.4) is 0 Å². The van der Waals surface area contributed by atoms with E-state index in [1.807, 2.05) is 6.07 Å². The molecule has 1 saturated carbocycles. The summed E-state index contributed by atoms with van der Waals surface area (Å²) in [5.74, 6) is 0.490. The van der Waals surface area contributed by atoms with E-state index in [0.29, 0.717) is 5.92 Å². The number of carbonyl (C=O) groups is 1. The average molecular weight is 242 g/mol. The first-order chi connectivity index (χ1) is 8.88. The van der Waals surface area contributed by atoms with E-state index in [1.54, 1.807) is 5.01 Å². The van der Waals surface area contributed by atoms with Crippen LogP contribution in [0.25, 0.3) is 0 Å². The lowest BCUT2D eigenvalue weighted by atomic mass is 9.81. The van der Waals surface area contributed by atoms with E-state index in [2.05, 4.69) is 29.4 Å². The smallest absolute Gasteiger partial charge is 0.230 e. The second kappa shape index (κ2) is 4.92. The van der Waals surface area contributed by atoms with Crippen LogP contribution in [0.15, 0.2) is 35.4 Å². The van der Waals surface area contributed by atoms with Crippen LogP contribution in [0.5, 0.6) is 0 Å². The van der Waals surface area contributed by atoms with E-state index in [9.17, 15) is 4.79 Å². The summed E-state index contributed by atoms with van der Waals surface area (Å²) in [6, 6.07) is 10.6. The molecule has 2 atom stereocenters. The largest absolute Gasteiger partial charge is 0.277 e. The summed E-state index contributed by atoms with van der Waals surface area (Å²) in [6.45, 7) is 0. The van der Waals surface area contributed by atoms with Gasteiger partial charge in [0.25, 0.3) is 0 Å². The van der Waals surface area contributed by atoms with Crippen LogP contribution >= 0.6 is 0 Å². The Morgan fingerprint density at radius 2 is 2.11 bits per heavy atom. The highest BCUT2D eigenvalue weighted by molar-refractivity contribution is 5.90. The van der Waals surface area contributed by atoms with E-state index in [-0.39, 0.29) is 6.04 Å². The molecule has 1 aliphatic carbocycles. The van der Waals surface area contributed by atoms with Crippen molar-refractivity contribution in [3.05, 3.63) is 35.9 Å². The molecule has 0 saturated heterocycles. The zero-order chi connectivity index (χ0) is 12.4. The minimum Gasteiger partial charge on any atom is -0.277 e. The molecule has 1 amide bonds. The number of rotatable bonds is 3. The molecule has 3 heteroatoms. The normalized spacial score (nSPS) is 26.7. The van der Waals surface area contributed by atoms with Crippen molar-refractivity contribution in [2.75, 3.05) is 0 Å². The van der Waals surface area contributed by atoms with Crippen LogP contribution < -0.4 is 0 Å². The van der Waals surface area contributed by atoms with E-state index in [4.69, 9.17) is 0 Å². The van der Waals surface area contributed by atoms with Crippen molar-refractivity contribution in [2.45, 2.75) is 38.1 Å². The molecule has 0 aromatic heterocycles. The summed E-state index contributed by atoms with van der Waals surface area (Å²) in [4.78, 5) is 11.2. The van der Waals surface area contributed by atoms with Gasteiger partial charge in [0.15, 0.2) is 0 Å². The van der Waals surface area contributed by atoms with Crippen molar-refractivity contribution in [3.63, 3.8) is 0 Å². The molecule has 3 rings (SSSR count). The summed E-state index contributed by atoms with van der Waals surface area (Å²) in [5, 5.41) is 6.14. The third-order valence-electron chi connectivity index (χ3n) is 4.07. The molecule has 1 heterocycles. The molecule has 2 unspecified atom stereocenters. The van der Waals surface area contributed by atoms with E-state index in [0.717, 1.165) is 19.3 Å². The molecule has 94 valence electrons. The van der Waals surface area contributed by atoms with Crippen molar-refractivity contribution in [3.8, 4) is 0 Å². The zero-order valence-electron chi connectivity index (χ0n) is 10.5. The fourth-order valence-electron chi connectivity index (χ4n) is 3.16. The van der Waals surface area contributed by atoms with Crippen LogP contribution in [0, 0.1) is 5.92 Å². The number of fused-ring (bicyclic) bond motifs is 1. The van der Waals surface area contributed by atoms with Gasteiger partial charge in [-0.2, -0.15) is 5.10 Å². The van der Waals surface area contributed by atoms with Gasteiger partial charge < -0.3 is 0 Å². The predicted molar refractivity (Wildman–Crippen MR) is 71.2 cm³/mol. The molecule has 1 aromatic rings. The van der Waals surface area contributed by atoms with Crippen LogP contribution in [0.2, 0.25) is 0 Å². The van der Waals surface area contributed by atoms with Crippen LogP contribution in [0.4, 0.5) is 0 Å². The molecule has 1 fully saturated rings. The topological polar surface area (TPSA) is 32.7 Å². The van der Waals surface area contributed by atoms with E-state index < -0.39 is 0 Å². The van der Waals surface area contributed by atoms with Gasteiger partial charge in [0, 0.05) is 11.6 Å². The highest BCUT2D eigenvalue weighted by atomic mass is 16.1. The third kappa shape index (κ3) is 2.05. The number of hydrogen-bond acceptors (Lipinski definition) is 2. The first-order valence-electron chi connectivity index (χ1n) is 6.73. The van der Waals surface area contributed by atoms with Crippen molar-refractivity contribution in [1.82, 2.24) is 5.01 Å². The molecule has 0 N–H and O–H groups in total. The number of hydrazone groups is 1. The van der Waals surface area contributed by atoms with E-state index >= 15 is 0 Å². The maximum absolute atomic E-state index is 11.2. The fraction of sp³-hybridized carbons (Fsp3) is 0.467. The number of carbonyl (C=O) groups excluding carboxylic acids is 1. The number of amides is 1. The second-order valence-corrected chi connectivity index (χ2v) is 5.19. The van der Waals surface area contributed by atoms with Gasteiger partial charge in [0.1, 0.15) is 0 Å². The van der Waals surface area contributed by atoms with Crippen molar-refractivity contribution >= 4 is 12.1 Å². The summed E-state index contributed by atoms with van der Waals surface area (Å²) in [7, 11) is 0. The molecular weight excluding hydrogens is 224 g/mol. The van der Waals surface area contributed by atoms with E-state index in [1.165, 1.54) is 30.5 Å². The fourth-order valence-corrected chi connectivity index (χ4v) is 3.16. The van der Waals surface area contributed by atoms with Gasteiger partial charge in [-0.25, -0.2) is 5.01 Å². The summed E-state index contributed by atoms with van der Waals surface area (Å²) in [5.41, 5.74) is 2.53. The van der Waals surface area contributed by atoms with Crippen LogP contribution in [0.1, 0.15) is 31.2 Å². The molecule has 1 aliphatic heterocycles. The lowest BCUT2D eigenvalue weighted by Gasteiger charge is -2.26. The lowest BCUT2D eigenvalue weighted by Crippen LogP contribution is -2.35. The van der Waals surface area contributed by atoms with Gasteiger partial charge in [0.2, 0.25) is 6.41 Å². The first-order valence-corrected chi connectivity index (χ1v) is 6.73. The van der Waals surface area contributed by atoms with Gasteiger partial charge in [-0.3, -0.25) is 4.79 Å². The Balaban J connectivity index is 1.80. The number of benzene rings is 1. The quantitative estimate of drug-likeness (QED) is 0.750. The van der Waals surface area contributed by atoms with Crippen molar-refractivity contribution in [1.29, 1.82) is 0 Å². The molecule has 0 spiro atoms. The zero-order valence-corrected chi connectivity index (χ0v) is 10.5. The van der Waals surface area contributed by atoms with Crippen LogP contribution in [-0.2, 0) is 11.2 Å². The highest BCUT2D eigenvalue weighted by Crippen LogP contribution is 2.33. The SMILES string of the molecule is O=CN1N=C2CCCCC2C1Cc1ccccc1. The summed E-state index contributed by atoms with van der Waals surface area (Å²) in [6.07, 6.45) is 6.54.